The lowest BCUT2D eigenvalue weighted by molar-refractivity contribution is -0.135. The third kappa shape index (κ3) is 2.37. The average molecular weight is 277 g/mol. The Hall–Kier alpha value is -2.34. The molecule has 0 saturated heterocycles. The van der Waals surface area contributed by atoms with Gasteiger partial charge in [-0.2, -0.15) is 0 Å². The zero-order chi connectivity index (χ0) is 14.7. The summed E-state index contributed by atoms with van der Waals surface area (Å²) in [6, 6.07) is 5.21. The lowest BCUT2D eigenvalue weighted by Crippen LogP contribution is -2.15. The lowest BCUT2D eigenvalue weighted by atomic mass is 10.1. The summed E-state index contributed by atoms with van der Waals surface area (Å²) in [5.74, 6) is -1.06. The third-order valence-electron chi connectivity index (χ3n) is 3.04. The van der Waals surface area contributed by atoms with E-state index in [0.717, 1.165) is 12.6 Å². The number of hydrogen-bond donors (Lipinski definition) is 1. The van der Waals surface area contributed by atoms with Gasteiger partial charge in [0.2, 0.25) is 0 Å². The van der Waals surface area contributed by atoms with Crippen molar-refractivity contribution in [3.63, 3.8) is 0 Å². The van der Waals surface area contributed by atoms with Crippen molar-refractivity contribution in [2.45, 2.75) is 6.54 Å². The molecule has 0 unspecified atom stereocenters. The van der Waals surface area contributed by atoms with Gasteiger partial charge in [0.25, 0.3) is 5.78 Å². The number of aromatic nitrogens is 1. The van der Waals surface area contributed by atoms with Crippen molar-refractivity contribution in [1.82, 2.24) is 4.57 Å². The van der Waals surface area contributed by atoms with Gasteiger partial charge in [0.15, 0.2) is 0 Å². The summed E-state index contributed by atoms with van der Waals surface area (Å²) >= 11 is 0. The number of fused-ring (bicyclic) bond motifs is 1. The number of nitrogens with zero attached hydrogens (tertiary/aromatic N) is 1. The summed E-state index contributed by atoms with van der Waals surface area (Å²) in [5, 5.41) is 9.65. The van der Waals surface area contributed by atoms with Gasteiger partial charge >= 0.3 is 5.97 Å². The van der Waals surface area contributed by atoms with Crippen molar-refractivity contribution >= 4 is 22.7 Å². The molecule has 6 nitrogen and oxygen atoms in total. The Balaban J connectivity index is 2.63. The van der Waals surface area contributed by atoms with Crippen molar-refractivity contribution < 1.29 is 24.2 Å². The summed E-state index contributed by atoms with van der Waals surface area (Å²) in [6.45, 7) is 0.263. The van der Waals surface area contributed by atoms with Gasteiger partial charge in [0.1, 0.15) is 5.75 Å². The number of carbonyl (C=O) groups excluding carboxylic acids is 2. The molecule has 2 rings (SSSR count). The van der Waals surface area contributed by atoms with E-state index in [4.69, 9.17) is 9.84 Å². The predicted octanol–water partition coefficient (Wildman–Crippen LogP) is 0.998. The van der Waals surface area contributed by atoms with E-state index >= 15 is 0 Å². The van der Waals surface area contributed by atoms with Crippen LogP contribution in [0.15, 0.2) is 24.4 Å². The van der Waals surface area contributed by atoms with E-state index in [1.807, 2.05) is 0 Å². The maximum absolute atomic E-state index is 12.0. The van der Waals surface area contributed by atoms with Crippen LogP contribution >= 0.6 is 0 Å². The average Bonchev–Trinajstić information content (AvgIpc) is 2.84. The maximum Gasteiger partial charge on any atom is 0.379 e. The van der Waals surface area contributed by atoms with Crippen LogP contribution in [0.4, 0.5) is 0 Å². The summed E-state index contributed by atoms with van der Waals surface area (Å²) in [5.41, 5.74) is 0.978. The van der Waals surface area contributed by atoms with E-state index in [0.29, 0.717) is 17.7 Å². The Morgan fingerprint density at radius 2 is 2.05 bits per heavy atom. The first-order valence-corrected chi connectivity index (χ1v) is 6.02. The first-order valence-electron chi connectivity index (χ1n) is 6.02. The van der Waals surface area contributed by atoms with Crippen LogP contribution in [0, 0.1) is 0 Å². The first kappa shape index (κ1) is 14.1. The second-order valence-corrected chi connectivity index (χ2v) is 4.16. The monoisotopic (exact) mass is 277 g/mol. The van der Waals surface area contributed by atoms with Crippen LogP contribution < -0.4 is 4.74 Å². The molecular weight excluding hydrogens is 262 g/mol. The highest BCUT2D eigenvalue weighted by molar-refractivity contribution is 6.43. The maximum atomic E-state index is 12.0. The minimum atomic E-state index is -0.920. The van der Waals surface area contributed by atoms with E-state index in [1.165, 1.54) is 7.11 Å². The van der Waals surface area contributed by atoms with E-state index in [2.05, 4.69) is 4.74 Å². The normalized spacial score (nSPS) is 10.6. The number of benzene rings is 1. The molecule has 2 aromatic rings. The number of esters is 1. The molecule has 20 heavy (non-hydrogen) atoms. The number of hydrogen-bond acceptors (Lipinski definition) is 5. The molecule has 1 N–H and O–H groups in total. The van der Waals surface area contributed by atoms with E-state index in [9.17, 15) is 9.59 Å². The minimum absolute atomic E-state index is 0.0678. The molecule has 6 heteroatoms. The quantitative estimate of drug-likeness (QED) is 0.501. The van der Waals surface area contributed by atoms with Crippen LogP contribution in [0.3, 0.4) is 0 Å². The van der Waals surface area contributed by atoms with Gasteiger partial charge in [0.05, 0.1) is 26.4 Å². The number of methoxy groups -OCH3 is 2. The molecule has 1 aromatic heterocycles. The molecule has 0 aliphatic heterocycles. The SMILES string of the molecule is COC(=O)C(=O)c1cn(CCO)c2ccc(OC)cc12. The highest BCUT2D eigenvalue weighted by Crippen LogP contribution is 2.26. The fourth-order valence-electron chi connectivity index (χ4n) is 2.08. The minimum Gasteiger partial charge on any atom is -0.497 e. The van der Waals surface area contributed by atoms with Gasteiger partial charge < -0.3 is 19.1 Å². The number of rotatable bonds is 5. The molecular formula is C14H15NO5. The molecule has 0 aliphatic carbocycles. The number of ether oxygens (including phenoxy) is 2. The summed E-state index contributed by atoms with van der Waals surface area (Å²) < 4.78 is 11.3. The van der Waals surface area contributed by atoms with E-state index < -0.39 is 11.8 Å². The van der Waals surface area contributed by atoms with Crippen LogP contribution in [0.25, 0.3) is 10.9 Å². The van der Waals surface area contributed by atoms with Gasteiger partial charge in [-0.3, -0.25) is 4.79 Å². The highest BCUT2D eigenvalue weighted by atomic mass is 16.5. The summed E-state index contributed by atoms with van der Waals surface area (Å²) in [7, 11) is 2.68. The Bertz CT molecular complexity index is 659. The standard InChI is InChI=1S/C14H15NO5/c1-19-9-3-4-12-10(7-9)11(8-15(12)5-6-16)13(17)14(18)20-2/h3-4,7-8,16H,5-6H2,1-2H3. The number of ketones is 1. The van der Waals surface area contributed by atoms with Crippen molar-refractivity contribution in [3.8, 4) is 5.75 Å². The van der Waals surface area contributed by atoms with Crippen LogP contribution in [-0.4, -0.2) is 42.3 Å². The molecule has 0 atom stereocenters. The lowest BCUT2D eigenvalue weighted by Gasteiger charge is -2.03. The number of aliphatic hydroxyl groups excluding tert-OH is 1. The molecule has 0 saturated carbocycles. The predicted molar refractivity (Wildman–Crippen MR) is 71.9 cm³/mol. The van der Waals surface area contributed by atoms with Crippen LogP contribution in [0.2, 0.25) is 0 Å². The van der Waals surface area contributed by atoms with E-state index in [1.54, 1.807) is 29.0 Å². The molecule has 0 spiro atoms. The molecule has 1 heterocycles. The molecule has 106 valence electrons. The molecule has 0 radical (unpaired) electrons. The highest BCUT2D eigenvalue weighted by Gasteiger charge is 2.22. The second kappa shape index (κ2) is 5.75. The van der Waals surface area contributed by atoms with Gasteiger partial charge in [-0.15, -0.1) is 0 Å². The van der Waals surface area contributed by atoms with Crippen molar-refractivity contribution in [1.29, 1.82) is 0 Å². The Labute approximate surface area is 115 Å². The number of aliphatic hydroxyl groups is 1. The summed E-state index contributed by atoms with van der Waals surface area (Å²) in [6.07, 6.45) is 1.54. The van der Waals surface area contributed by atoms with Gasteiger partial charge in [-0.1, -0.05) is 0 Å². The molecule has 0 bridgehead atoms. The molecule has 0 aliphatic rings. The zero-order valence-corrected chi connectivity index (χ0v) is 11.3. The summed E-state index contributed by atoms with van der Waals surface area (Å²) in [4.78, 5) is 23.4. The first-order chi connectivity index (χ1) is 9.62. The van der Waals surface area contributed by atoms with Crippen LogP contribution in [0.1, 0.15) is 10.4 Å². The number of carbonyl (C=O) groups is 2. The topological polar surface area (TPSA) is 77.8 Å². The Morgan fingerprint density at radius 1 is 1.30 bits per heavy atom. The Morgan fingerprint density at radius 3 is 2.65 bits per heavy atom. The van der Waals surface area contributed by atoms with Crippen molar-refractivity contribution in [2.24, 2.45) is 0 Å². The fourth-order valence-corrected chi connectivity index (χ4v) is 2.08. The number of Topliss-reactive ketones (excluding diaryl/α,β-unsaturated/α-hetero) is 1. The van der Waals surface area contributed by atoms with Gasteiger partial charge in [-0.05, 0) is 18.2 Å². The second-order valence-electron chi connectivity index (χ2n) is 4.16. The van der Waals surface area contributed by atoms with Crippen LogP contribution in [0.5, 0.6) is 5.75 Å². The van der Waals surface area contributed by atoms with E-state index in [-0.39, 0.29) is 12.2 Å². The zero-order valence-electron chi connectivity index (χ0n) is 11.3. The third-order valence-corrected chi connectivity index (χ3v) is 3.04. The largest absolute Gasteiger partial charge is 0.497 e. The Kier molecular flexibility index (Phi) is 4.05. The molecule has 1 aromatic carbocycles. The van der Waals surface area contributed by atoms with Gasteiger partial charge in [-0.25, -0.2) is 4.79 Å². The van der Waals surface area contributed by atoms with Gasteiger partial charge in [0, 0.05) is 23.6 Å². The fraction of sp³-hybridized carbons (Fsp3) is 0.286. The molecule has 0 fully saturated rings. The smallest absolute Gasteiger partial charge is 0.379 e. The van der Waals surface area contributed by atoms with Crippen molar-refractivity contribution in [3.05, 3.63) is 30.0 Å². The van der Waals surface area contributed by atoms with Crippen molar-refractivity contribution in [2.75, 3.05) is 20.8 Å². The van der Waals surface area contributed by atoms with Crippen LogP contribution in [-0.2, 0) is 16.1 Å². The molecule has 0 amide bonds.